The molecule has 1 aromatic heterocycles. The predicted molar refractivity (Wildman–Crippen MR) is 79.1 cm³/mol. The lowest BCUT2D eigenvalue weighted by atomic mass is 9.99. The molecule has 3 nitrogen and oxygen atoms in total. The van der Waals surface area contributed by atoms with Crippen molar-refractivity contribution < 1.29 is 4.39 Å². The molecule has 0 aliphatic rings. The quantitative estimate of drug-likeness (QED) is 0.877. The van der Waals surface area contributed by atoms with Gasteiger partial charge in [-0.3, -0.25) is 4.68 Å². The highest BCUT2D eigenvalue weighted by atomic mass is 19.1. The van der Waals surface area contributed by atoms with Crippen LogP contribution in [0.25, 0.3) is 0 Å². The summed E-state index contributed by atoms with van der Waals surface area (Å²) in [5, 5.41) is 7.60. The van der Waals surface area contributed by atoms with Gasteiger partial charge in [-0.15, -0.1) is 0 Å². The third-order valence-electron chi connectivity index (χ3n) is 3.37. The Morgan fingerprint density at radius 3 is 2.80 bits per heavy atom. The Labute approximate surface area is 119 Å². The SMILES string of the molecule is CCCNC(Cc1cnn(C)c1)c1ccc(C)cc1F. The van der Waals surface area contributed by atoms with E-state index in [-0.39, 0.29) is 11.9 Å². The molecule has 0 spiro atoms. The number of nitrogens with zero attached hydrogens (tertiary/aromatic N) is 2. The molecule has 2 rings (SSSR count). The number of hydrogen-bond acceptors (Lipinski definition) is 2. The van der Waals surface area contributed by atoms with E-state index in [1.165, 1.54) is 0 Å². The first-order valence-electron chi connectivity index (χ1n) is 7.07. The Morgan fingerprint density at radius 1 is 1.40 bits per heavy atom. The summed E-state index contributed by atoms with van der Waals surface area (Å²) in [6, 6.07) is 5.43. The highest BCUT2D eigenvalue weighted by Gasteiger charge is 2.16. The molecule has 0 aliphatic carbocycles. The van der Waals surface area contributed by atoms with Gasteiger partial charge >= 0.3 is 0 Å². The first-order valence-corrected chi connectivity index (χ1v) is 7.07. The third kappa shape index (κ3) is 3.67. The number of aryl methyl sites for hydroxylation is 2. The van der Waals surface area contributed by atoms with Crippen LogP contribution in [0.5, 0.6) is 0 Å². The molecule has 0 fully saturated rings. The zero-order valence-electron chi connectivity index (χ0n) is 12.4. The minimum atomic E-state index is -0.137. The standard InChI is InChI=1S/C16H22FN3/c1-4-7-18-16(9-13-10-19-20(3)11-13)14-6-5-12(2)8-15(14)17/h5-6,8,10-11,16,18H,4,7,9H2,1-3H3. The van der Waals surface area contributed by atoms with Gasteiger partial charge in [0.25, 0.3) is 0 Å². The Balaban J connectivity index is 2.22. The summed E-state index contributed by atoms with van der Waals surface area (Å²) in [5.41, 5.74) is 2.79. The second-order valence-corrected chi connectivity index (χ2v) is 5.26. The first-order chi connectivity index (χ1) is 9.60. The number of benzene rings is 1. The van der Waals surface area contributed by atoms with Crippen LogP contribution in [0.15, 0.2) is 30.6 Å². The smallest absolute Gasteiger partial charge is 0.128 e. The molecule has 0 saturated carbocycles. The van der Waals surface area contributed by atoms with Crippen molar-refractivity contribution in [3.05, 3.63) is 53.1 Å². The Morgan fingerprint density at radius 2 is 2.20 bits per heavy atom. The van der Waals surface area contributed by atoms with Gasteiger partial charge in [0.1, 0.15) is 5.82 Å². The van der Waals surface area contributed by atoms with Crippen molar-refractivity contribution >= 4 is 0 Å². The second kappa shape index (κ2) is 6.66. The average molecular weight is 275 g/mol. The normalized spacial score (nSPS) is 12.6. The maximum atomic E-state index is 14.2. The van der Waals surface area contributed by atoms with Crippen LogP contribution in [0, 0.1) is 12.7 Å². The molecular formula is C16H22FN3. The van der Waals surface area contributed by atoms with Crippen LogP contribution >= 0.6 is 0 Å². The van der Waals surface area contributed by atoms with E-state index in [4.69, 9.17) is 0 Å². The van der Waals surface area contributed by atoms with Crippen molar-refractivity contribution in [2.45, 2.75) is 32.7 Å². The molecule has 1 aromatic carbocycles. The summed E-state index contributed by atoms with van der Waals surface area (Å²) in [4.78, 5) is 0. The van der Waals surface area contributed by atoms with Gasteiger partial charge in [0.05, 0.1) is 6.20 Å². The van der Waals surface area contributed by atoms with E-state index < -0.39 is 0 Å². The van der Waals surface area contributed by atoms with E-state index in [1.807, 2.05) is 38.5 Å². The van der Waals surface area contributed by atoms with Crippen LogP contribution in [0.1, 0.15) is 36.1 Å². The fraction of sp³-hybridized carbons (Fsp3) is 0.438. The van der Waals surface area contributed by atoms with Crippen molar-refractivity contribution in [2.24, 2.45) is 7.05 Å². The summed E-state index contributed by atoms with van der Waals surface area (Å²) in [5.74, 6) is -0.137. The van der Waals surface area contributed by atoms with Crippen LogP contribution in [0.4, 0.5) is 4.39 Å². The predicted octanol–water partition coefficient (Wildman–Crippen LogP) is 3.15. The maximum Gasteiger partial charge on any atom is 0.128 e. The molecule has 0 aliphatic heterocycles. The molecule has 2 aromatic rings. The minimum Gasteiger partial charge on any atom is -0.310 e. The molecule has 1 N–H and O–H groups in total. The molecule has 0 radical (unpaired) electrons. The lowest BCUT2D eigenvalue weighted by Crippen LogP contribution is -2.25. The summed E-state index contributed by atoms with van der Waals surface area (Å²) in [6.45, 7) is 4.89. The van der Waals surface area contributed by atoms with Gasteiger partial charge in [-0.05, 0) is 43.5 Å². The van der Waals surface area contributed by atoms with Gasteiger partial charge in [0, 0.05) is 24.8 Å². The summed E-state index contributed by atoms with van der Waals surface area (Å²) in [7, 11) is 1.89. The molecule has 4 heteroatoms. The van der Waals surface area contributed by atoms with Gasteiger partial charge in [0.2, 0.25) is 0 Å². The van der Waals surface area contributed by atoms with E-state index in [1.54, 1.807) is 10.7 Å². The highest BCUT2D eigenvalue weighted by molar-refractivity contribution is 5.27. The van der Waals surface area contributed by atoms with Crippen LogP contribution in [0.2, 0.25) is 0 Å². The van der Waals surface area contributed by atoms with E-state index in [2.05, 4.69) is 17.3 Å². The van der Waals surface area contributed by atoms with Gasteiger partial charge in [0.15, 0.2) is 0 Å². The van der Waals surface area contributed by atoms with E-state index in [0.29, 0.717) is 0 Å². The highest BCUT2D eigenvalue weighted by Crippen LogP contribution is 2.22. The van der Waals surface area contributed by atoms with Crippen molar-refractivity contribution in [3.8, 4) is 0 Å². The number of halogens is 1. The lowest BCUT2D eigenvalue weighted by molar-refractivity contribution is 0.496. The van der Waals surface area contributed by atoms with Gasteiger partial charge in [-0.2, -0.15) is 5.10 Å². The average Bonchev–Trinajstić information content (AvgIpc) is 2.80. The molecule has 108 valence electrons. The van der Waals surface area contributed by atoms with Crippen LogP contribution < -0.4 is 5.32 Å². The topological polar surface area (TPSA) is 29.9 Å². The van der Waals surface area contributed by atoms with E-state index >= 15 is 0 Å². The molecule has 20 heavy (non-hydrogen) atoms. The van der Waals surface area contributed by atoms with Crippen molar-refractivity contribution in [1.29, 1.82) is 0 Å². The zero-order chi connectivity index (χ0) is 14.5. The second-order valence-electron chi connectivity index (χ2n) is 5.26. The molecule has 1 heterocycles. The van der Waals surface area contributed by atoms with Crippen molar-refractivity contribution in [3.63, 3.8) is 0 Å². The lowest BCUT2D eigenvalue weighted by Gasteiger charge is -2.19. The Bertz CT molecular complexity index is 563. The first kappa shape index (κ1) is 14.7. The Kier molecular flexibility index (Phi) is 4.90. The number of hydrogen-bond donors (Lipinski definition) is 1. The molecular weight excluding hydrogens is 253 g/mol. The van der Waals surface area contributed by atoms with Crippen molar-refractivity contribution in [2.75, 3.05) is 6.54 Å². The minimum absolute atomic E-state index is 0.0141. The van der Waals surface area contributed by atoms with Gasteiger partial charge in [-0.1, -0.05) is 19.1 Å². The molecule has 0 bridgehead atoms. The van der Waals surface area contributed by atoms with Crippen LogP contribution in [-0.2, 0) is 13.5 Å². The fourth-order valence-electron chi connectivity index (χ4n) is 2.34. The maximum absolute atomic E-state index is 14.2. The van der Waals surface area contributed by atoms with Gasteiger partial charge in [-0.25, -0.2) is 4.39 Å². The largest absolute Gasteiger partial charge is 0.310 e. The summed E-state index contributed by atoms with van der Waals surface area (Å²) in [6.07, 6.45) is 5.59. The number of aromatic nitrogens is 2. The Hall–Kier alpha value is -1.68. The van der Waals surface area contributed by atoms with Crippen LogP contribution in [-0.4, -0.2) is 16.3 Å². The fourth-order valence-corrected chi connectivity index (χ4v) is 2.34. The monoisotopic (exact) mass is 275 g/mol. The van der Waals surface area contributed by atoms with Crippen molar-refractivity contribution in [1.82, 2.24) is 15.1 Å². The number of rotatable bonds is 6. The van der Waals surface area contributed by atoms with Crippen LogP contribution in [0.3, 0.4) is 0 Å². The molecule has 1 atom stereocenters. The number of nitrogens with one attached hydrogen (secondary N) is 1. The summed E-state index contributed by atoms with van der Waals surface area (Å²) < 4.78 is 16.0. The third-order valence-corrected chi connectivity index (χ3v) is 3.37. The summed E-state index contributed by atoms with van der Waals surface area (Å²) >= 11 is 0. The molecule has 0 saturated heterocycles. The van der Waals surface area contributed by atoms with E-state index in [9.17, 15) is 4.39 Å². The molecule has 0 amide bonds. The molecule has 1 unspecified atom stereocenters. The van der Waals surface area contributed by atoms with E-state index in [0.717, 1.165) is 36.1 Å². The zero-order valence-corrected chi connectivity index (χ0v) is 12.4. The van der Waals surface area contributed by atoms with Gasteiger partial charge < -0.3 is 5.32 Å².